The van der Waals surface area contributed by atoms with Crippen molar-refractivity contribution in [2.24, 2.45) is 4.99 Å². The number of amides is 6. The summed E-state index contributed by atoms with van der Waals surface area (Å²) in [4.78, 5) is 49.5. The van der Waals surface area contributed by atoms with Gasteiger partial charge in [-0.3, -0.25) is 10.6 Å². The molecule has 7 rings (SSSR count). The number of hydrogen-bond acceptors (Lipinski definition) is 5. The number of guanidine groups is 1. The van der Waals surface area contributed by atoms with Crippen molar-refractivity contribution >= 4 is 76.1 Å². The number of urea groups is 3. The van der Waals surface area contributed by atoms with Crippen molar-refractivity contribution in [2.45, 2.75) is 46.1 Å². The van der Waals surface area contributed by atoms with Gasteiger partial charge in [0.25, 0.3) is 0 Å². The van der Waals surface area contributed by atoms with Crippen LogP contribution in [0.4, 0.5) is 20.1 Å². The lowest BCUT2D eigenvalue weighted by Crippen LogP contribution is -2.43. The molecule has 312 valence electrons. The normalized spacial score (nSPS) is 15.2. The number of hydrogen-bond donors (Lipinski definition) is 2. The second kappa shape index (κ2) is 21.2. The Morgan fingerprint density at radius 3 is 1.15 bits per heavy atom. The number of aliphatic imine (C=N–C) groups is 1. The van der Waals surface area contributed by atoms with Crippen LogP contribution >= 0.6 is 46.4 Å². The quantitative estimate of drug-likeness (QED) is 0.137. The number of nitrogens with one attached hydrogen (secondary N) is 2. The maximum atomic E-state index is 13.1. The van der Waals surface area contributed by atoms with Gasteiger partial charge in [-0.25, -0.2) is 19.4 Å². The molecule has 5 aromatic rings. The van der Waals surface area contributed by atoms with Crippen LogP contribution in [0.3, 0.4) is 0 Å². The molecule has 2 N–H and O–H groups in total. The summed E-state index contributed by atoms with van der Waals surface area (Å²) in [6.07, 6.45) is 0.0924. The van der Waals surface area contributed by atoms with Crippen LogP contribution in [0.1, 0.15) is 36.1 Å². The molecule has 0 aliphatic carbocycles. The zero-order valence-electron chi connectivity index (χ0n) is 33.2. The van der Waals surface area contributed by atoms with E-state index in [4.69, 9.17) is 56.1 Å². The van der Waals surface area contributed by atoms with Gasteiger partial charge in [-0.2, -0.15) is 0 Å². The van der Waals surface area contributed by atoms with Gasteiger partial charge in [0.05, 0.1) is 11.8 Å². The lowest BCUT2D eigenvalue weighted by Gasteiger charge is -2.23. The van der Waals surface area contributed by atoms with Gasteiger partial charge in [-0.05, 0) is 109 Å². The molecule has 2 aliphatic heterocycles. The van der Waals surface area contributed by atoms with Gasteiger partial charge in [-0.15, -0.1) is 0 Å². The number of imide groups is 1. The summed E-state index contributed by atoms with van der Waals surface area (Å²) in [6.45, 7) is 7.94. The van der Waals surface area contributed by atoms with Gasteiger partial charge < -0.3 is 24.3 Å². The maximum absolute atomic E-state index is 13.1. The average molecular weight is 890 g/mol. The number of carbonyl (C=O) groups excluding carboxylic acids is 3. The first-order chi connectivity index (χ1) is 28.9. The summed E-state index contributed by atoms with van der Waals surface area (Å²) in [5.74, 6) is 1.28. The summed E-state index contributed by atoms with van der Waals surface area (Å²) in [6, 6.07) is 36.4. The van der Waals surface area contributed by atoms with Crippen molar-refractivity contribution in [1.82, 2.24) is 30.2 Å². The van der Waals surface area contributed by atoms with E-state index in [1.807, 2.05) is 111 Å². The second-order valence-corrected chi connectivity index (χ2v) is 16.2. The molecule has 2 saturated heterocycles. The monoisotopic (exact) mass is 887 g/mol. The number of rotatable bonds is 11. The first-order valence-corrected chi connectivity index (χ1v) is 20.9. The Hall–Kier alpha value is -5.46. The first-order valence-electron chi connectivity index (χ1n) is 19.4. The predicted molar refractivity (Wildman–Crippen MR) is 239 cm³/mol. The molecule has 11 nitrogen and oxygen atoms in total. The number of halogens is 4. The van der Waals surface area contributed by atoms with Crippen molar-refractivity contribution in [3.8, 4) is 5.75 Å². The van der Waals surface area contributed by atoms with Gasteiger partial charge >= 0.3 is 18.1 Å². The highest BCUT2D eigenvalue weighted by atomic mass is 35.5. The molecule has 2 aliphatic rings. The minimum absolute atomic E-state index is 0.0924. The van der Waals surface area contributed by atoms with Crippen LogP contribution in [0.2, 0.25) is 20.1 Å². The molecule has 2 heterocycles. The number of benzene rings is 5. The lowest BCUT2D eigenvalue weighted by molar-refractivity contribution is 0.199. The van der Waals surface area contributed by atoms with Crippen LogP contribution in [-0.4, -0.2) is 75.9 Å². The molecule has 15 heteroatoms. The molecule has 0 saturated carbocycles. The predicted octanol–water partition coefficient (Wildman–Crippen LogP) is 10.6. The highest BCUT2D eigenvalue weighted by molar-refractivity contribution is 6.31. The fraction of sp³-hybridized carbons (Fsp3) is 0.244. The third kappa shape index (κ3) is 13.3. The van der Waals surface area contributed by atoms with Crippen molar-refractivity contribution in [3.63, 3.8) is 0 Å². The Labute approximate surface area is 370 Å². The molecular weight excluding hydrogens is 844 g/mol. The van der Waals surface area contributed by atoms with Crippen LogP contribution in [0.15, 0.2) is 126 Å². The molecule has 0 aromatic heterocycles. The van der Waals surface area contributed by atoms with Gasteiger partial charge in [0.2, 0.25) is 5.96 Å². The number of ether oxygens (including phenoxy) is 1. The Morgan fingerprint density at radius 2 is 0.800 bits per heavy atom. The van der Waals surface area contributed by atoms with E-state index >= 15 is 0 Å². The Bertz CT molecular complexity index is 2180. The Morgan fingerprint density at radius 1 is 0.483 bits per heavy atom. The Kier molecular flexibility index (Phi) is 15.6. The van der Waals surface area contributed by atoms with Gasteiger partial charge in [0.15, 0.2) is 0 Å². The maximum Gasteiger partial charge on any atom is 0.325 e. The van der Waals surface area contributed by atoms with Crippen molar-refractivity contribution in [1.29, 1.82) is 0 Å². The molecule has 5 aromatic carbocycles. The zero-order valence-corrected chi connectivity index (χ0v) is 36.2. The standard InChI is InChI=1S/C27H28Cl2N4O2.C18H17Cl2N3O2/c1-19(2)35-25-13-11-24(12-14-25)30-26-31-27(34)33(18-21-5-9-23(29)10-6-21)16-15-32(26)17-20-3-7-22(28)8-4-20;19-15-5-1-13(2-6-15)11-22-9-10-23(18(25)21-17(22)24)12-14-3-7-16(20)8-4-14/h3-14,19H,15-18H2,1-2H3,(H,30,31,34);1-8H,9-12H2,(H,21,24,25). The molecule has 0 bridgehead atoms. The molecule has 2 fully saturated rings. The summed E-state index contributed by atoms with van der Waals surface area (Å²) < 4.78 is 5.73. The molecule has 60 heavy (non-hydrogen) atoms. The van der Waals surface area contributed by atoms with E-state index in [9.17, 15) is 14.4 Å². The summed E-state index contributed by atoms with van der Waals surface area (Å²) in [7, 11) is 0. The van der Waals surface area contributed by atoms with Crippen LogP contribution in [-0.2, 0) is 26.2 Å². The molecule has 0 radical (unpaired) electrons. The van der Waals surface area contributed by atoms with E-state index in [1.165, 1.54) is 0 Å². The van der Waals surface area contributed by atoms with Gasteiger partial charge in [0, 0.05) is 72.4 Å². The number of carbonyl (C=O) groups is 3. The molecule has 0 spiro atoms. The van der Waals surface area contributed by atoms with E-state index < -0.39 is 12.1 Å². The summed E-state index contributed by atoms with van der Waals surface area (Å²) in [5.41, 5.74) is 4.72. The van der Waals surface area contributed by atoms with Crippen LogP contribution in [0, 0.1) is 0 Å². The van der Waals surface area contributed by atoms with Crippen molar-refractivity contribution < 1.29 is 19.1 Å². The van der Waals surface area contributed by atoms with Crippen LogP contribution in [0.5, 0.6) is 5.75 Å². The average Bonchev–Trinajstić information content (AvgIpc) is 3.45. The minimum Gasteiger partial charge on any atom is -0.491 e. The third-order valence-corrected chi connectivity index (χ3v) is 10.5. The summed E-state index contributed by atoms with van der Waals surface area (Å²) >= 11 is 23.8. The van der Waals surface area contributed by atoms with Crippen molar-refractivity contribution in [2.75, 3.05) is 26.2 Å². The first kappa shape index (κ1) is 44.1. The highest BCUT2D eigenvalue weighted by Gasteiger charge is 2.27. The SMILES string of the molecule is CC(C)Oc1ccc(N=C2NC(=O)N(Cc3ccc(Cl)cc3)CCN2Cc2ccc(Cl)cc2)cc1.O=C1NC(=O)N(Cc2ccc(Cl)cc2)CCN1Cc1ccc(Cl)cc1. The minimum atomic E-state index is -0.390. The second-order valence-electron chi connectivity index (χ2n) is 14.5. The topological polar surface area (TPSA) is 110 Å². The largest absolute Gasteiger partial charge is 0.491 e. The molecule has 0 atom stereocenters. The van der Waals surface area contributed by atoms with E-state index in [2.05, 4.69) is 15.5 Å². The van der Waals surface area contributed by atoms with E-state index in [1.54, 1.807) is 39.0 Å². The van der Waals surface area contributed by atoms with E-state index in [-0.39, 0.29) is 12.1 Å². The fourth-order valence-corrected chi connectivity index (χ4v) is 6.84. The fourth-order valence-electron chi connectivity index (χ4n) is 6.34. The van der Waals surface area contributed by atoms with E-state index in [0.29, 0.717) is 78.4 Å². The highest BCUT2D eigenvalue weighted by Crippen LogP contribution is 2.22. The summed E-state index contributed by atoms with van der Waals surface area (Å²) in [5, 5.41) is 8.09. The molecular formula is C45H45Cl4N7O4. The Balaban J connectivity index is 0.000000213. The van der Waals surface area contributed by atoms with E-state index in [0.717, 1.165) is 33.7 Å². The molecule has 0 unspecified atom stereocenters. The molecule has 6 amide bonds. The zero-order chi connectivity index (χ0) is 42.6. The van der Waals surface area contributed by atoms with Crippen LogP contribution < -0.4 is 15.4 Å². The van der Waals surface area contributed by atoms with Crippen LogP contribution in [0.25, 0.3) is 0 Å². The smallest absolute Gasteiger partial charge is 0.325 e. The van der Waals surface area contributed by atoms with Crippen molar-refractivity contribution in [3.05, 3.63) is 164 Å². The number of nitrogens with zero attached hydrogens (tertiary/aromatic N) is 5. The van der Waals surface area contributed by atoms with Gasteiger partial charge in [-0.1, -0.05) is 94.9 Å². The van der Waals surface area contributed by atoms with Gasteiger partial charge in [0.1, 0.15) is 5.75 Å². The lowest BCUT2D eigenvalue weighted by atomic mass is 10.2. The third-order valence-electron chi connectivity index (χ3n) is 9.46.